The number of ether oxygens (including phenoxy) is 2. The summed E-state index contributed by atoms with van der Waals surface area (Å²) in [5.41, 5.74) is 0. The van der Waals surface area contributed by atoms with E-state index in [2.05, 4.69) is 11.9 Å². The fraction of sp³-hybridized carbons (Fsp3) is 0.929. The number of carbonyl (C=O) groups excluding carboxylic acids is 1. The van der Waals surface area contributed by atoms with Crippen LogP contribution in [0.4, 0.5) is 0 Å². The van der Waals surface area contributed by atoms with Gasteiger partial charge in [0.15, 0.2) is 0 Å². The van der Waals surface area contributed by atoms with E-state index in [1.165, 1.54) is 0 Å². The number of fused-ring (bicyclic) bond motifs is 2. The number of methoxy groups -OCH3 is 1. The molecule has 2 aliphatic rings. The van der Waals surface area contributed by atoms with Crippen LogP contribution in [0.15, 0.2) is 0 Å². The summed E-state index contributed by atoms with van der Waals surface area (Å²) < 4.78 is 10.6. The average molecular weight is 255 g/mol. The Morgan fingerprint density at radius 2 is 1.94 bits per heavy atom. The zero-order valence-electron chi connectivity index (χ0n) is 11.6. The van der Waals surface area contributed by atoms with Gasteiger partial charge in [-0.15, -0.1) is 0 Å². The Labute approximate surface area is 110 Å². The van der Waals surface area contributed by atoms with Gasteiger partial charge in [-0.2, -0.15) is 0 Å². The first kappa shape index (κ1) is 14.0. The first-order valence-corrected chi connectivity index (χ1v) is 7.03. The zero-order valence-corrected chi connectivity index (χ0v) is 11.6. The molecular formula is C14H25NO3. The predicted octanol–water partition coefficient (Wildman–Crippen LogP) is 1.48. The molecule has 104 valence electrons. The van der Waals surface area contributed by atoms with Crippen LogP contribution in [0.25, 0.3) is 0 Å². The molecule has 0 amide bonds. The molecule has 4 nitrogen and oxygen atoms in total. The molecule has 0 saturated carbocycles. The molecule has 2 unspecified atom stereocenters. The monoisotopic (exact) mass is 255 g/mol. The number of Topliss-reactive ketones (excluding diaryl/α,β-unsaturated/α-hetero) is 1. The molecule has 2 bridgehead atoms. The minimum atomic E-state index is 0.266. The van der Waals surface area contributed by atoms with Crippen LogP contribution in [0.2, 0.25) is 0 Å². The Kier molecular flexibility index (Phi) is 5.15. The van der Waals surface area contributed by atoms with E-state index in [1.807, 2.05) is 0 Å². The maximum absolute atomic E-state index is 12.2. The maximum Gasteiger partial charge on any atom is 0.136 e. The molecule has 0 aromatic heterocycles. The largest absolute Gasteiger partial charge is 0.385 e. The lowest BCUT2D eigenvalue weighted by atomic mass is 9.81. The van der Waals surface area contributed by atoms with Crippen molar-refractivity contribution in [2.75, 3.05) is 34.0 Å². The second-order valence-electron chi connectivity index (χ2n) is 5.60. The van der Waals surface area contributed by atoms with E-state index in [9.17, 15) is 4.79 Å². The first-order valence-electron chi connectivity index (χ1n) is 7.03. The van der Waals surface area contributed by atoms with E-state index < -0.39 is 0 Å². The van der Waals surface area contributed by atoms with Gasteiger partial charge in [-0.05, 0) is 32.7 Å². The number of hydrogen-bond donors (Lipinski definition) is 0. The molecule has 0 N–H and O–H groups in total. The number of piperidine rings is 1. The summed E-state index contributed by atoms with van der Waals surface area (Å²) in [6, 6.07) is 0.899. The highest BCUT2D eigenvalue weighted by Crippen LogP contribution is 2.31. The molecule has 0 aromatic rings. The second kappa shape index (κ2) is 6.64. The van der Waals surface area contributed by atoms with Crippen LogP contribution in [-0.2, 0) is 14.3 Å². The highest BCUT2D eigenvalue weighted by molar-refractivity contribution is 5.81. The van der Waals surface area contributed by atoms with Crippen molar-refractivity contribution in [2.45, 2.75) is 44.2 Å². The maximum atomic E-state index is 12.2. The minimum Gasteiger partial charge on any atom is -0.385 e. The fourth-order valence-corrected chi connectivity index (χ4v) is 3.11. The predicted molar refractivity (Wildman–Crippen MR) is 69.6 cm³/mol. The third kappa shape index (κ3) is 3.31. The van der Waals surface area contributed by atoms with Crippen molar-refractivity contribution in [2.24, 2.45) is 5.92 Å². The number of morpholine rings is 1. The van der Waals surface area contributed by atoms with Gasteiger partial charge in [0.2, 0.25) is 0 Å². The van der Waals surface area contributed by atoms with Crippen molar-refractivity contribution < 1.29 is 14.3 Å². The van der Waals surface area contributed by atoms with Gasteiger partial charge in [0.25, 0.3) is 0 Å². The van der Waals surface area contributed by atoms with Gasteiger partial charge in [0.1, 0.15) is 5.78 Å². The van der Waals surface area contributed by atoms with Crippen molar-refractivity contribution >= 4 is 5.78 Å². The van der Waals surface area contributed by atoms with Crippen LogP contribution >= 0.6 is 0 Å². The van der Waals surface area contributed by atoms with E-state index in [1.54, 1.807) is 7.11 Å². The van der Waals surface area contributed by atoms with E-state index in [0.717, 1.165) is 51.9 Å². The molecule has 0 radical (unpaired) electrons. The molecule has 2 atom stereocenters. The molecule has 0 spiro atoms. The quantitative estimate of drug-likeness (QED) is 0.674. The van der Waals surface area contributed by atoms with E-state index in [4.69, 9.17) is 9.47 Å². The third-order valence-corrected chi connectivity index (χ3v) is 4.36. The Bertz CT molecular complexity index is 268. The van der Waals surface area contributed by atoms with Crippen LogP contribution in [0.5, 0.6) is 0 Å². The van der Waals surface area contributed by atoms with Crippen molar-refractivity contribution in [3.05, 3.63) is 0 Å². The normalized spacial score (nSPS) is 32.4. The van der Waals surface area contributed by atoms with Gasteiger partial charge < -0.3 is 9.47 Å². The summed E-state index contributed by atoms with van der Waals surface area (Å²) in [5, 5.41) is 0. The smallest absolute Gasteiger partial charge is 0.136 e. The summed E-state index contributed by atoms with van der Waals surface area (Å²) in [4.78, 5) is 14.6. The fourth-order valence-electron chi connectivity index (χ4n) is 3.11. The number of likely N-dealkylation sites (N-methyl/N-ethyl adjacent to an activating group) is 1. The Morgan fingerprint density at radius 1 is 1.28 bits per heavy atom. The molecule has 0 aliphatic carbocycles. The van der Waals surface area contributed by atoms with Gasteiger partial charge in [-0.3, -0.25) is 9.69 Å². The molecule has 0 aromatic carbocycles. The molecule has 2 saturated heterocycles. The van der Waals surface area contributed by atoms with Crippen LogP contribution in [0.3, 0.4) is 0 Å². The summed E-state index contributed by atoms with van der Waals surface area (Å²) in [6.45, 7) is 2.35. The molecule has 4 heteroatoms. The van der Waals surface area contributed by atoms with Gasteiger partial charge >= 0.3 is 0 Å². The van der Waals surface area contributed by atoms with Gasteiger partial charge in [0.05, 0.1) is 13.2 Å². The first-order chi connectivity index (χ1) is 8.72. The van der Waals surface area contributed by atoms with Crippen LogP contribution in [-0.4, -0.2) is 56.7 Å². The lowest BCUT2D eigenvalue weighted by molar-refractivity contribution is -0.131. The molecule has 2 aliphatic heterocycles. The lowest BCUT2D eigenvalue weighted by Gasteiger charge is -2.46. The lowest BCUT2D eigenvalue weighted by Crippen LogP contribution is -2.55. The number of nitrogens with zero attached hydrogens (tertiary/aromatic N) is 1. The summed E-state index contributed by atoms with van der Waals surface area (Å²) >= 11 is 0. The van der Waals surface area contributed by atoms with E-state index >= 15 is 0 Å². The summed E-state index contributed by atoms with van der Waals surface area (Å²) in [6.07, 6.45) is 4.64. The highest BCUT2D eigenvalue weighted by Gasteiger charge is 2.38. The van der Waals surface area contributed by atoms with Crippen molar-refractivity contribution in [3.8, 4) is 0 Å². The number of hydrogen-bond acceptors (Lipinski definition) is 4. The summed E-state index contributed by atoms with van der Waals surface area (Å²) in [5.74, 6) is 0.721. The van der Waals surface area contributed by atoms with Gasteiger partial charge in [0, 0.05) is 38.1 Å². The Balaban J connectivity index is 1.77. The van der Waals surface area contributed by atoms with Crippen LogP contribution in [0.1, 0.15) is 32.1 Å². The third-order valence-electron chi connectivity index (χ3n) is 4.36. The topological polar surface area (TPSA) is 38.8 Å². The standard InChI is InChI=1S/C14H25NO3/c1-15-12-7-11(8-13(15)10-18-9-12)14(16)5-3-4-6-17-2/h11-13H,3-10H2,1-2H3. The highest BCUT2D eigenvalue weighted by atomic mass is 16.5. The minimum absolute atomic E-state index is 0.266. The number of carbonyl (C=O) groups is 1. The van der Waals surface area contributed by atoms with E-state index in [-0.39, 0.29) is 5.92 Å². The average Bonchev–Trinajstić information content (AvgIpc) is 2.34. The Hall–Kier alpha value is -0.450. The van der Waals surface area contributed by atoms with Crippen molar-refractivity contribution in [1.82, 2.24) is 4.90 Å². The van der Waals surface area contributed by atoms with Gasteiger partial charge in [-0.25, -0.2) is 0 Å². The number of rotatable bonds is 6. The number of unbranched alkanes of at least 4 members (excludes halogenated alkanes) is 1. The Morgan fingerprint density at radius 3 is 2.56 bits per heavy atom. The molecule has 2 fully saturated rings. The molecule has 18 heavy (non-hydrogen) atoms. The van der Waals surface area contributed by atoms with Gasteiger partial charge in [-0.1, -0.05) is 0 Å². The van der Waals surface area contributed by atoms with Crippen LogP contribution < -0.4 is 0 Å². The molecule has 2 heterocycles. The number of ketones is 1. The SMILES string of the molecule is COCCCCC(=O)C1CC2COCC(C1)N2C. The van der Waals surface area contributed by atoms with Crippen molar-refractivity contribution in [3.63, 3.8) is 0 Å². The van der Waals surface area contributed by atoms with E-state index in [0.29, 0.717) is 17.9 Å². The summed E-state index contributed by atoms with van der Waals surface area (Å²) in [7, 11) is 3.87. The van der Waals surface area contributed by atoms with Crippen LogP contribution in [0, 0.1) is 5.92 Å². The molecular weight excluding hydrogens is 230 g/mol. The zero-order chi connectivity index (χ0) is 13.0. The second-order valence-corrected chi connectivity index (χ2v) is 5.60. The molecule has 2 rings (SSSR count). The van der Waals surface area contributed by atoms with Crippen molar-refractivity contribution in [1.29, 1.82) is 0 Å².